The van der Waals surface area contributed by atoms with Crippen LogP contribution in [0.3, 0.4) is 0 Å². The first-order valence-corrected chi connectivity index (χ1v) is 5.95. The molecule has 74 valence electrons. The molecule has 0 amide bonds. The zero-order valence-electron chi connectivity index (χ0n) is 7.92. The lowest BCUT2D eigenvalue weighted by atomic mass is 10.2. The molecule has 0 saturated heterocycles. The maximum absolute atomic E-state index is 11.3. The molecule has 0 aliphatic carbocycles. The lowest BCUT2D eigenvalue weighted by molar-refractivity contribution is -0.113. The van der Waals surface area contributed by atoms with Crippen LogP contribution in [0.15, 0.2) is 45.8 Å². The second kappa shape index (κ2) is 5.37. The SMILES string of the molecule is C=C(C)C(=O)CSc1ccccc1Br. The largest absolute Gasteiger partial charge is 0.294 e. The lowest BCUT2D eigenvalue weighted by Crippen LogP contribution is -2.01. The number of Topliss-reactive ketones (excluding diaryl/α,β-unsaturated/α-hetero) is 1. The fourth-order valence-corrected chi connectivity index (χ4v) is 2.37. The Morgan fingerprint density at radius 1 is 1.50 bits per heavy atom. The van der Waals surface area contributed by atoms with E-state index in [-0.39, 0.29) is 5.78 Å². The number of benzene rings is 1. The van der Waals surface area contributed by atoms with Crippen LogP contribution in [0.5, 0.6) is 0 Å². The van der Waals surface area contributed by atoms with Crippen LogP contribution < -0.4 is 0 Å². The van der Waals surface area contributed by atoms with Gasteiger partial charge in [-0.3, -0.25) is 4.79 Å². The zero-order valence-corrected chi connectivity index (χ0v) is 10.3. The molecule has 1 aromatic rings. The van der Waals surface area contributed by atoms with Gasteiger partial charge in [-0.05, 0) is 40.6 Å². The van der Waals surface area contributed by atoms with Gasteiger partial charge >= 0.3 is 0 Å². The molecule has 1 nitrogen and oxygen atoms in total. The molecular formula is C11H11BrOS. The molecule has 0 aliphatic rings. The number of carbonyl (C=O) groups is 1. The van der Waals surface area contributed by atoms with E-state index in [0.717, 1.165) is 9.37 Å². The third-order valence-corrected chi connectivity index (χ3v) is 3.70. The summed E-state index contributed by atoms with van der Waals surface area (Å²) < 4.78 is 1.03. The molecular weight excluding hydrogens is 260 g/mol. The van der Waals surface area contributed by atoms with Gasteiger partial charge in [-0.15, -0.1) is 11.8 Å². The summed E-state index contributed by atoms with van der Waals surface area (Å²) in [6.45, 7) is 5.35. The zero-order chi connectivity index (χ0) is 10.6. The first kappa shape index (κ1) is 11.5. The molecule has 3 heteroatoms. The van der Waals surface area contributed by atoms with Crippen molar-refractivity contribution in [1.29, 1.82) is 0 Å². The lowest BCUT2D eigenvalue weighted by Gasteiger charge is -2.02. The van der Waals surface area contributed by atoms with Crippen LogP contribution in [0.25, 0.3) is 0 Å². The number of thioether (sulfide) groups is 1. The second-order valence-electron chi connectivity index (χ2n) is 2.92. The van der Waals surface area contributed by atoms with Crippen molar-refractivity contribution in [2.75, 3.05) is 5.75 Å². The number of ketones is 1. The van der Waals surface area contributed by atoms with Crippen molar-refractivity contribution >= 4 is 33.5 Å². The normalized spacial score (nSPS) is 9.86. The molecule has 0 fully saturated rings. The highest BCUT2D eigenvalue weighted by Gasteiger charge is 2.05. The van der Waals surface area contributed by atoms with Gasteiger partial charge in [0.1, 0.15) is 0 Å². The third kappa shape index (κ3) is 3.31. The van der Waals surface area contributed by atoms with Crippen LogP contribution in [-0.2, 0) is 4.79 Å². The fraction of sp³-hybridized carbons (Fsp3) is 0.182. The molecule has 0 bridgehead atoms. The summed E-state index contributed by atoms with van der Waals surface area (Å²) in [5, 5.41) is 0. The van der Waals surface area contributed by atoms with E-state index in [1.54, 1.807) is 6.92 Å². The fourth-order valence-electron chi connectivity index (χ4n) is 0.828. The van der Waals surface area contributed by atoms with Crippen molar-refractivity contribution in [3.8, 4) is 0 Å². The molecule has 14 heavy (non-hydrogen) atoms. The average molecular weight is 271 g/mol. The van der Waals surface area contributed by atoms with Crippen LogP contribution >= 0.6 is 27.7 Å². The first-order valence-electron chi connectivity index (χ1n) is 4.17. The Morgan fingerprint density at radius 3 is 2.71 bits per heavy atom. The monoisotopic (exact) mass is 270 g/mol. The molecule has 0 saturated carbocycles. The number of allylic oxidation sites excluding steroid dienone is 1. The van der Waals surface area contributed by atoms with E-state index in [2.05, 4.69) is 22.5 Å². The minimum absolute atomic E-state index is 0.103. The van der Waals surface area contributed by atoms with Crippen molar-refractivity contribution in [2.45, 2.75) is 11.8 Å². The van der Waals surface area contributed by atoms with E-state index >= 15 is 0 Å². The van der Waals surface area contributed by atoms with Gasteiger partial charge in [-0.25, -0.2) is 0 Å². The topological polar surface area (TPSA) is 17.1 Å². The molecule has 0 aromatic heterocycles. The van der Waals surface area contributed by atoms with E-state index in [0.29, 0.717) is 11.3 Å². The maximum Gasteiger partial charge on any atom is 0.168 e. The highest BCUT2D eigenvalue weighted by Crippen LogP contribution is 2.27. The number of hydrogen-bond donors (Lipinski definition) is 0. The van der Waals surface area contributed by atoms with Crippen molar-refractivity contribution < 1.29 is 4.79 Å². The predicted molar refractivity (Wildman–Crippen MR) is 64.7 cm³/mol. The van der Waals surface area contributed by atoms with Gasteiger partial charge in [-0.1, -0.05) is 18.7 Å². The smallest absolute Gasteiger partial charge is 0.168 e. The third-order valence-electron chi connectivity index (χ3n) is 1.67. The molecule has 0 aliphatic heterocycles. The first-order chi connectivity index (χ1) is 6.61. The predicted octanol–water partition coefficient (Wildman–Crippen LogP) is 3.69. The highest BCUT2D eigenvalue weighted by molar-refractivity contribution is 9.10. The Labute approximate surface area is 96.7 Å². The van der Waals surface area contributed by atoms with Crippen molar-refractivity contribution in [1.82, 2.24) is 0 Å². The Morgan fingerprint density at radius 2 is 2.14 bits per heavy atom. The molecule has 0 heterocycles. The molecule has 0 N–H and O–H groups in total. The molecule has 0 atom stereocenters. The Bertz CT molecular complexity index is 360. The minimum atomic E-state index is 0.103. The number of halogens is 1. The van der Waals surface area contributed by atoms with E-state index in [1.165, 1.54) is 11.8 Å². The van der Waals surface area contributed by atoms with Gasteiger partial charge in [0.25, 0.3) is 0 Å². The summed E-state index contributed by atoms with van der Waals surface area (Å²) in [7, 11) is 0. The Hall–Kier alpha value is -0.540. The molecule has 0 spiro atoms. The van der Waals surface area contributed by atoms with Crippen LogP contribution in [0.4, 0.5) is 0 Å². The summed E-state index contributed by atoms with van der Waals surface area (Å²) in [5.41, 5.74) is 0.615. The van der Waals surface area contributed by atoms with Gasteiger partial charge in [-0.2, -0.15) is 0 Å². The number of carbonyl (C=O) groups excluding carboxylic acids is 1. The van der Waals surface area contributed by atoms with Crippen LogP contribution in [0.2, 0.25) is 0 Å². The molecule has 0 unspecified atom stereocenters. The van der Waals surface area contributed by atoms with Crippen LogP contribution in [-0.4, -0.2) is 11.5 Å². The van der Waals surface area contributed by atoms with Gasteiger partial charge in [0, 0.05) is 9.37 Å². The number of rotatable bonds is 4. The van der Waals surface area contributed by atoms with Crippen molar-refractivity contribution in [3.05, 3.63) is 40.9 Å². The second-order valence-corrected chi connectivity index (χ2v) is 4.79. The summed E-state index contributed by atoms with van der Waals surface area (Å²) in [5.74, 6) is 0.559. The van der Waals surface area contributed by atoms with E-state index in [4.69, 9.17) is 0 Å². The Balaban J connectivity index is 2.58. The van der Waals surface area contributed by atoms with Crippen molar-refractivity contribution in [3.63, 3.8) is 0 Å². The van der Waals surface area contributed by atoms with E-state index in [1.807, 2.05) is 24.3 Å². The number of hydrogen-bond acceptors (Lipinski definition) is 2. The quantitative estimate of drug-likeness (QED) is 0.613. The summed E-state index contributed by atoms with van der Waals surface area (Å²) in [4.78, 5) is 12.4. The molecule has 0 radical (unpaired) electrons. The van der Waals surface area contributed by atoms with Crippen LogP contribution in [0.1, 0.15) is 6.92 Å². The molecule has 1 aromatic carbocycles. The van der Waals surface area contributed by atoms with Gasteiger partial charge < -0.3 is 0 Å². The maximum atomic E-state index is 11.3. The van der Waals surface area contributed by atoms with Gasteiger partial charge in [0.05, 0.1) is 5.75 Å². The highest BCUT2D eigenvalue weighted by atomic mass is 79.9. The summed E-state index contributed by atoms with van der Waals surface area (Å²) in [6, 6.07) is 7.86. The average Bonchev–Trinajstić information content (AvgIpc) is 2.16. The van der Waals surface area contributed by atoms with Crippen molar-refractivity contribution in [2.24, 2.45) is 0 Å². The molecule has 1 rings (SSSR count). The summed E-state index contributed by atoms with van der Waals surface area (Å²) >= 11 is 4.96. The van der Waals surface area contributed by atoms with Gasteiger partial charge in [0.2, 0.25) is 0 Å². The van der Waals surface area contributed by atoms with Crippen LogP contribution in [0, 0.1) is 0 Å². The standard InChI is InChI=1S/C11H11BrOS/c1-8(2)10(13)7-14-11-6-4-3-5-9(11)12/h3-6H,1,7H2,2H3. The van der Waals surface area contributed by atoms with E-state index in [9.17, 15) is 4.79 Å². The summed E-state index contributed by atoms with van der Waals surface area (Å²) in [6.07, 6.45) is 0. The van der Waals surface area contributed by atoms with Gasteiger partial charge in [0.15, 0.2) is 5.78 Å². The minimum Gasteiger partial charge on any atom is -0.294 e. The van der Waals surface area contributed by atoms with E-state index < -0.39 is 0 Å². The Kier molecular flexibility index (Phi) is 4.42.